The molecule has 4 nitrogen and oxygen atoms in total. The molecular formula is C26H15F37NO3+. The average molecular weight is 1090 g/mol. The quantitative estimate of drug-likeness (QED) is 0.0550. The number of rotatable bonds is 24. The molecule has 0 rings (SSSR count). The van der Waals surface area contributed by atoms with Crippen molar-refractivity contribution in [2.24, 2.45) is 0 Å². The van der Waals surface area contributed by atoms with Gasteiger partial charge in [0.1, 0.15) is 13.1 Å². The third-order valence-corrected chi connectivity index (χ3v) is 8.73. The van der Waals surface area contributed by atoms with E-state index in [9.17, 15) is 172 Å². The minimum absolute atomic E-state index is 0.170. The Balaban J connectivity index is 7.83. The first-order chi connectivity index (χ1) is 28.4. The lowest BCUT2D eigenvalue weighted by atomic mass is 9.82. The van der Waals surface area contributed by atoms with Crippen molar-refractivity contribution in [2.75, 3.05) is 27.2 Å². The maximum atomic E-state index is 14.4. The van der Waals surface area contributed by atoms with E-state index in [1.165, 1.54) is 0 Å². The van der Waals surface area contributed by atoms with Crippen LogP contribution in [0.15, 0.2) is 0 Å². The van der Waals surface area contributed by atoms with E-state index in [1.807, 2.05) is 0 Å². The van der Waals surface area contributed by atoms with Crippen LogP contribution in [0.5, 0.6) is 0 Å². The molecule has 0 aromatic heterocycles. The summed E-state index contributed by atoms with van der Waals surface area (Å²) in [6.07, 6.45) is -15.3. The second-order valence-corrected chi connectivity index (χ2v) is 13.9. The van der Waals surface area contributed by atoms with E-state index in [2.05, 4.69) is 4.74 Å². The first-order valence-electron chi connectivity index (χ1n) is 15.3. The van der Waals surface area contributed by atoms with Crippen molar-refractivity contribution >= 4 is 12.8 Å². The molecule has 0 aromatic rings. The van der Waals surface area contributed by atoms with Crippen molar-refractivity contribution in [1.29, 1.82) is 0 Å². The SMILES string of the molecule is C[N+](C)(CC=O)CC(CC(F)(F)C(F)(F)C(F)(F)C(F)(F)C(F)(F)C(F)(F)C(F)(F)C(F)(F)C(F)(F)C(F)(F)C(F)(F)C(F)(F)C(F)(F)C(F)(F)C(F)(F)C(F)(F)C(F)(F)C(F)(F)F)OC=O. The third kappa shape index (κ3) is 8.26. The normalized spacial score (nSPS) is 17.1. The molecule has 0 heterocycles. The molecule has 0 aliphatic heterocycles. The number of carbonyl (C=O) groups is 2. The fourth-order valence-corrected chi connectivity index (χ4v) is 4.64. The molecule has 67 heavy (non-hydrogen) atoms. The van der Waals surface area contributed by atoms with E-state index in [0.29, 0.717) is 14.1 Å². The Bertz CT molecular complexity index is 1780. The Morgan fingerprint density at radius 1 is 0.343 bits per heavy atom. The number of quaternary nitrogens is 1. The third-order valence-electron chi connectivity index (χ3n) is 8.73. The van der Waals surface area contributed by atoms with Gasteiger partial charge in [0.05, 0.1) is 20.5 Å². The molecule has 0 aliphatic carbocycles. The van der Waals surface area contributed by atoms with Gasteiger partial charge >= 0.3 is 107 Å². The predicted octanol–water partition coefficient (Wildman–Crippen LogP) is 11.6. The van der Waals surface area contributed by atoms with Crippen molar-refractivity contribution in [1.82, 2.24) is 0 Å². The zero-order valence-corrected chi connectivity index (χ0v) is 30.5. The number of carbonyl (C=O) groups excluding carboxylic acids is 2. The lowest BCUT2D eigenvalue weighted by Crippen LogP contribution is -2.80. The van der Waals surface area contributed by atoms with Gasteiger partial charge in [0.25, 0.3) is 6.47 Å². The number of hydrogen-bond acceptors (Lipinski definition) is 3. The largest absolute Gasteiger partial charge is 0.460 e. The number of ether oxygens (including phenoxy) is 1. The van der Waals surface area contributed by atoms with Crippen LogP contribution in [-0.4, -0.2) is 157 Å². The summed E-state index contributed by atoms with van der Waals surface area (Å²) in [4.78, 5) is 21.2. The van der Waals surface area contributed by atoms with Crippen LogP contribution in [-0.2, 0) is 14.3 Å². The van der Waals surface area contributed by atoms with E-state index in [-0.39, 0.29) is 6.29 Å². The lowest BCUT2D eigenvalue weighted by molar-refractivity contribution is -0.884. The smallest absolute Gasteiger partial charge is 0.458 e. The Hall–Kier alpha value is -3.49. The van der Waals surface area contributed by atoms with Crippen LogP contribution < -0.4 is 0 Å². The lowest BCUT2D eigenvalue weighted by Gasteiger charge is -2.47. The Morgan fingerprint density at radius 2 is 0.537 bits per heavy atom. The van der Waals surface area contributed by atoms with Crippen LogP contribution in [0.2, 0.25) is 0 Å². The van der Waals surface area contributed by atoms with Crippen molar-refractivity contribution < 1.29 is 181 Å². The molecule has 0 bridgehead atoms. The van der Waals surface area contributed by atoms with Gasteiger partial charge in [0, 0.05) is 0 Å². The summed E-state index contributed by atoms with van der Waals surface area (Å²) in [5, 5.41) is 0. The van der Waals surface area contributed by atoms with E-state index < -0.39 is 143 Å². The maximum Gasteiger partial charge on any atom is 0.460 e. The number of halogens is 37. The molecule has 400 valence electrons. The summed E-state index contributed by atoms with van der Waals surface area (Å²) < 4.78 is 514. The molecule has 1 atom stereocenters. The second kappa shape index (κ2) is 16.6. The zero-order chi connectivity index (χ0) is 55.3. The van der Waals surface area contributed by atoms with Crippen molar-refractivity contribution in [3.05, 3.63) is 0 Å². The first-order valence-corrected chi connectivity index (χ1v) is 15.3. The number of nitrogens with zero attached hydrogens (tertiary/aromatic N) is 1. The summed E-state index contributed by atoms with van der Waals surface area (Å²) in [6.45, 7) is -3.61. The topological polar surface area (TPSA) is 43.4 Å². The summed E-state index contributed by atoms with van der Waals surface area (Å²) in [5.41, 5.74) is 0. The number of aldehydes is 1. The van der Waals surface area contributed by atoms with Crippen molar-refractivity contribution in [3.8, 4) is 0 Å². The van der Waals surface area contributed by atoms with Crippen molar-refractivity contribution in [3.63, 3.8) is 0 Å². The van der Waals surface area contributed by atoms with E-state index in [1.54, 1.807) is 0 Å². The molecule has 0 aromatic carbocycles. The fraction of sp³-hybridized carbons (Fsp3) is 0.923. The number of hydrogen-bond donors (Lipinski definition) is 0. The molecule has 0 fully saturated rings. The highest BCUT2D eigenvalue weighted by atomic mass is 19.4. The molecule has 0 saturated heterocycles. The van der Waals surface area contributed by atoms with Crippen LogP contribution in [0.25, 0.3) is 0 Å². The second-order valence-electron chi connectivity index (χ2n) is 13.9. The zero-order valence-electron chi connectivity index (χ0n) is 30.5. The van der Waals surface area contributed by atoms with Gasteiger partial charge in [-0.05, 0) is 0 Å². The molecule has 0 N–H and O–H groups in total. The number of likely N-dealkylation sites (N-methyl/N-ethyl adjacent to an activating group) is 1. The molecule has 0 spiro atoms. The van der Waals surface area contributed by atoms with Crippen molar-refractivity contribution in [2.45, 2.75) is 119 Å². The average Bonchev–Trinajstić information content (AvgIpc) is 3.09. The van der Waals surface area contributed by atoms with Gasteiger partial charge in [-0.2, -0.15) is 162 Å². The molecule has 0 radical (unpaired) electrons. The summed E-state index contributed by atoms with van der Waals surface area (Å²) in [7, 11) is 1.35. The Kier molecular flexibility index (Phi) is 15.7. The van der Waals surface area contributed by atoms with Gasteiger partial charge in [0.15, 0.2) is 12.4 Å². The van der Waals surface area contributed by atoms with Crippen LogP contribution in [0, 0.1) is 0 Å². The minimum Gasteiger partial charge on any atom is -0.458 e. The monoisotopic (exact) mass is 1090 g/mol. The van der Waals surface area contributed by atoms with E-state index >= 15 is 0 Å². The summed E-state index contributed by atoms with van der Waals surface area (Å²) in [5.74, 6) is -167. The minimum atomic E-state index is -10.5. The Labute approximate surface area is 341 Å². The van der Waals surface area contributed by atoms with Crippen LogP contribution >= 0.6 is 0 Å². The van der Waals surface area contributed by atoms with Gasteiger partial charge in [-0.25, -0.2) is 0 Å². The first kappa shape index (κ1) is 63.5. The fourth-order valence-electron chi connectivity index (χ4n) is 4.64. The molecule has 41 heteroatoms. The molecule has 0 amide bonds. The highest BCUT2D eigenvalue weighted by Crippen LogP contribution is 2.70. The van der Waals surface area contributed by atoms with Gasteiger partial charge in [-0.3, -0.25) is 9.59 Å². The van der Waals surface area contributed by atoms with Gasteiger partial charge < -0.3 is 9.22 Å². The van der Waals surface area contributed by atoms with Gasteiger partial charge in [0.2, 0.25) is 0 Å². The standard InChI is InChI=1S/C26H15F37NO3/c1-64(2,3-4-65)6-8(67-7-66)5-9(27,28)10(29,30)11(31,32)12(33,34)13(35,36)14(37,38)15(39,40)16(41,42)17(43,44)18(45,46)19(47,48)20(49,50)21(51,52)22(53,54)23(55,56)24(57,58)25(59,60)26(61,62)63/h4,7-8H,3,5-6H2,1-2H3/q+1. The summed E-state index contributed by atoms with van der Waals surface area (Å²) in [6, 6.07) is 0. The maximum absolute atomic E-state index is 14.4. The summed E-state index contributed by atoms with van der Waals surface area (Å²) >= 11 is 0. The molecule has 1 unspecified atom stereocenters. The van der Waals surface area contributed by atoms with E-state index in [4.69, 9.17) is 0 Å². The van der Waals surface area contributed by atoms with Gasteiger partial charge in [-0.1, -0.05) is 0 Å². The van der Waals surface area contributed by atoms with Crippen LogP contribution in [0.3, 0.4) is 0 Å². The highest BCUT2D eigenvalue weighted by Gasteiger charge is 3.02. The highest BCUT2D eigenvalue weighted by molar-refractivity contribution is 5.50. The number of alkyl halides is 37. The Morgan fingerprint density at radius 3 is 0.716 bits per heavy atom. The predicted molar refractivity (Wildman–Crippen MR) is 134 cm³/mol. The van der Waals surface area contributed by atoms with Crippen LogP contribution in [0.4, 0.5) is 162 Å². The van der Waals surface area contributed by atoms with Gasteiger partial charge in [-0.15, -0.1) is 0 Å². The molecular weight excluding hydrogens is 1080 g/mol. The molecule has 0 aliphatic rings. The molecule has 0 saturated carbocycles. The van der Waals surface area contributed by atoms with E-state index in [0.717, 1.165) is 0 Å². The van der Waals surface area contributed by atoms with Crippen LogP contribution in [0.1, 0.15) is 6.42 Å².